The van der Waals surface area contributed by atoms with Crippen LogP contribution in [0.3, 0.4) is 0 Å². The summed E-state index contributed by atoms with van der Waals surface area (Å²) < 4.78 is 5.02. The second-order valence-corrected chi connectivity index (χ2v) is 6.45. The first-order chi connectivity index (χ1) is 11.5. The van der Waals surface area contributed by atoms with Crippen LogP contribution in [0.25, 0.3) is 0 Å². The van der Waals surface area contributed by atoms with Crippen molar-refractivity contribution >= 4 is 11.9 Å². The molecule has 9 nitrogen and oxygen atoms in total. The average molecular weight is 336 g/mol. The number of nitrogens with one attached hydrogen (secondary N) is 1. The largest absolute Gasteiger partial charge is 0.340 e. The molecule has 3 rings (SSSR count). The third-order valence-corrected chi connectivity index (χ3v) is 4.65. The first-order valence-corrected chi connectivity index (χ1v) is 8.33. The van der Waals surface area contributed by atoms with Crippen LogP contribution >= 0.6 is 0 Å². The maximum Gasteiger partial charge on any atom is 0.324 e. The second kappa shape index (κ2) is 7.27. The molecule has 0 aliphatic carbocycles. The molecule has 0 spiro atoms. The smallest absolute Gasteiger partial charge is 0.324 e. The van der Waals surface area contributed by atoms with Gasteiger partial charge in [0.1, 0.15) is 0 Å². The summed E-state index contributed by atoms with van der Waals surface area (Å²) in [5.41, 5.74) is 0. The van der Waals surface area contributed by atoms with Crippen LogP contribution < -0.4 is 5.32 Å². The van der Waals surface area contributed by atoms with Crippen molar-refractivity contribution in [3.63, 3.8) is 0 Å². The third kappa shape index (κ3) is 3.90. The molecule has 2 fully saturated rings. The van der Waals surface area contributed by atoms with Crippen molar-refractivity contribution in [1.82, 2.24) is 30.2 Å². The van der Waals surface area contributed by atoms with Gasteiger partial charge in [-0.1, -0.05) is 5.16 Å². The summed E-state index contributed by atoms with van der Waals surface area (Å²) in [6, 6.07) is 0.110. The van der Waals surface area contributed by atoms with E-state index in [-0.39, 0.29) is 18.5 Å². The standard InChI is InChI=1S/C15H24N6O3/c1-11-17-13(18-24-11)10-20-5-3-4-12(9-20)19(2)6-7-21-14(22)8-16-15(21)23/h12H,3-10H2,1-2H3,(H,16,23)/t12-/m0/s1. The molecule has 1 aromatic heterocycles. The van der Waals surface area contributed by atoms with E-state index in [1.165, 1.54) is 4.90 Å². The zero-order valence-electron chi connectivity index (χ0n) is 14.2. The number of rotatable bonds is 6. The van der Waals surface area contributed by atoms with Crippen LogP contribution in [0.5, 0.6) is 0 Å². The van der Waals surface area contributed by atoms with Gasteiger partial charge in [0.2, 0.25) is 11.8 Å². The lowest BCUT2D eigenvalue weighted by Crippen LogP contribution is -2.48. The van der Waals surface area contributed by atoms with Crippen molar-refractivity contribution in [3.05, 3.63) is 11.7 Å². The fraction of sp³-hybridized carbons (Fsp3) is 0.733. The summed E-state index contributed by atoms with van der Waals surface area (Å²) in [6.07, 6.45) is 2.22. The second-order valence-electron chi connectivity index (χ2n) is 6.45. The van der Waals surface area contributed by atoms with Crippen molar-refractivity contribution in [2.45, 2.75) is 32.4 Å². The Morgan fingerprint density at radius 3 is 2.92 bits per heavy atom. The number of hydrogen-bond acceptors (Lipinski definition) is 7. The van der Waals surface area contributed by atoms with Gasteiger partial charge in [-0.25, -0.2) is 4.79 Å². The molecule has 9 heteroatoms. The Labute approximate surface area is 141 Å². The normalized spacial score (nSPS) is 22.5. The Morgan fingerprint density at radius 1 is 1.42 bits per heavy atom. The zero-order valence-corrected chi connectivity index (χ0v) is 14.2. The van der Waals surface area contributed by atoms with Crippen LogP contribution in [0.15, 0.2) is 4.52 Å². The van der Waals surface area contributed by atoms with Crippen molar-refractivity contribution in [2.75, 3.05) is 39.8 Å². The summed E-state index contributed by atoms with van der Waals surface area (Å²) >= 11 is 0. The van der Waals surface area contributed by atoms with Gasteiger partial charge in [-0.05, 0) is 26.4 Å². The van der Waals surface area contributed by atoms with Gasteiger partial charge in [0.05, 0.1) is 13.1 Å². The predicted octanol–water partition coefficient (Wildman–Crippen LogP) is -0.174. The predicted molar refractivity (Wildman–Crippen MR) is 85.1 cm³/mol. The molecule has 1 atom stereocenters. The Bertz CT molecular complexity index is 588. The Hall–Kier alpha value is -2.00. The molecular weight excluding hydrogens is 312 g/mol. The molecule has 0 saturated carbocycles. The summed E-state index contributed by atoms with van der Waals surface area (Å²) in [7, 11) is 2.05. The highest BCUT2D eigenvalue weighted by atomic mass is 16.5. The third-order valence-electron chi connectivity index (χ3n) is 4.65. The number of imide groups is 1. The quantitative estimate of drug-likeness (QED) is 0.720. The van der Waals surface area contributed by atoms with Crippen molar-refractivity contribution in [1.29, 1.82) is 0 Å². The fourth-order valence-corrected chi connectivity index (χ4v) is 3.26. The molecule has 3 heterocycles. The summed E-state index contributed by atoms with van der Waals surface area (Å²) in [4.78, 5) is 33.3. The number of aromatic nitrogens is 2. The van der Waals surface area contributed by atoms with E-state index in [0.29, 0.717) is 31.6 Å². The van der Waals surface area contributed by atoms with Gasteiger partial charge in [-0.3, -0.25) is 14.6 Å². The number of piperidine rings is 1. The van der Waals surface area contributed by atoms with E-state index >= 15 is 0 Å². The molecule has 2 saturated heterocycles. The Morgan fingerprint density at radius 2 is 2.25 bits per heavy atom. The van der Waals surface area contributed by atoms with E-state index in [2.05, 4.69) is 25.3 Å². The maximum absolute atomic E-state index is 11.6. The highest BCUT2D eigenvalue weighted by Crippen LogP contribution is 2.16. The lowest BCUT2D eigenvalue weighted by atomic mass is 10.0. The van der Waals surface area contributed by atoms with Gasteiger partial charge in [0, 0.05) is 32.6 Å². The van der Waals surface area contributed by atoms with Gasteiger partial charge in [-0.2, -0.15) is 4.98 Å². The minimum absolute atomic E-state index is 0.115. The van der Waals surface area contributed by atoms with E-state index < -0.39 is 0 Å². The van der Waals surface area contributed by atoms with Crippen molar-refractivity contribution < 1.29 is 14.1 Å². The minimum atomic E-state index is -0.286. The molecule has 1 N–H and O–H groups in total. The number of amides is 3. The highest BCUT2D eigenvalue weighted by Gasteiger charge is 2.29. The fourth-order valence-electron chi connectivity index (χ4n) is 3.26. The SMILES string of the molecule is Cc1nc(CN2CCC[C@H](N(C)CCN3C(=O)CNC3=O)C2)no1. The first kappa shape index (κ1) is 16.8. The number of carbonyl (C=O) groups excluding carboxylic acids is 2. The first-order valence-electron chi connectivity index (χ1n) is 8.33. The number of urea groups is 1. The number of carbonyl (C=O) groups is 2. The molecule has 0 aromatic carbocycles. The minimum Gasteiger partial charge on any atom is -0.340 e. The van der Waals surface area contributed by atoms with Gasteiger partial charge >= 0.3 is 6.03 Å². The topological polar surface area (TPSA) is 94.8 Å². The molecule has 0 unspecified atom stereocenters. The lowest BCUT2D eigenvalue weighted by Gasteiger charge is -2.37. The lowest BCUT2D eigenvalue weighted by molar-refractivity contribution is -0.125. The monoisotopic (exact) mass is 336 g/mol. The highest BCUT2D eigenvalue weighted by molar-refractivity contribution is 6.01. The molecule has 3 amide bonds. The molecule has 2 aliphatic heterocycles. The van der Waals surface area contributed by atoms with Crippen LogP contribution in [-0.2, 0) is 11.3 Å². The van der Waals surface area contributed by atoms with Gasteiger partial charge in [0.15, 0.2) is 5.82 Å². The average Bonchev–Trinajstić information content (AvgIpc) is 3.11. The van der Waals surface area contributed by atoms with Crippen LogP contribution in [-0.4, -0.2) is 82.6 Å². The summed E-state index contributed by atoms with van der Waals surface area (Å²) in [5, 5.41) is 6.50. The van der Waals surface area contributed by atoms with E-state index in [4.69, 9.17) is 4.52 Å². The van der Waals surface area contributed by atoms with Crippen molar-refractivity contribution in [3.8, 4) is 0 Å². The van der Waals surface area contributed by atoms with Crippen LogP contribution in [0.4, 0.5) is 4.79 Å². The van der Waals surface area contributed by atoms with Crippen LogP contribution in [0, 0.1) is 6.92 Å². The van der Waals surface area contributed by atoms with Gasteiger partial charge < -0.3 is 14.7 Å². The molecule has 0 bridgehead atoms. The number of nitrogens with zero attached hydrogens (tertiary/aromatic N) is 5. The Kier molecular flexibility index (Phi) is 5.10. The molecule has 1 aromatic rings. The number of hydrogen-bond donors (Lipinski definition) is 1. The molecular formula is C15H24N6O3. The van der Waals surface area contributed by atoms with Gasteiger partial charge in [-0.15, -0.1) is 0 Å². The number of likely N-dealkylation sites (tertiary alicyclic amines) is 1. The van der Waals surface area contributed by atoms with E-state index in [0.717, 1.165) is 31.8 Å². The molecule has 24 heavy (non-hydrogen) atoms. The van der Waals surface area contributed by atoms with Crippen molar-refractivity contribution in [2.24, 2.45) is 0 Å². The van der Waals surface area contributed by atoms with Crippen LogP contribution in [0.1, 0.15) is 24.6 Å². The summed E-state index contributed by atoms with van der Waals surface area (Å²) in [6.45, 7) is 5.65. The van der Waals surface area contributed by atoms with E-state index in [9.17, 15) is 9.59 Å². The molecule has 0 radical (unpaired) electrons. The maximum atomic E-state index is 11.6. The van der Waals surface area contributed by atoms with E-state index in [1.807, 2.05) is 7.05 Å². The van der Waals surface area contributed by atoms with Gasteiger partial charge in [0.25, 0.3) is 0 Å². The molecule has 2 aliphatic rings. The Balaban J connectivity index is 1.48. The number of aryl methyl sites for hydroxylation is 1. The zero-order chi connectivity index (χ0) is 17.1. The van der Waals surface area contributed by atoms with E-state index in [1.54, 1.807) is 6.92 Å². The number of likely N-dealkylation sites (N-methyl/N-ethyl adjacent to an activating group) is 1. The molecule has 132 valence electrons. The van der Waals surface area contributed by atoms with Crippen LogP contribution in [0.2, 0.25) is 0 Å². The summed E-state index contributed by atoms with van der Waals surface area (Å²) in [5.74, 6) is 1.16.